The Morgan fingerprint density at radius 2 is 1.68 bits per heavy atom. The Labute approximate surface area is 163 Å². The van der Waals surface area contributed by atoms with E-state index in [0.717, 1.165) is 22.3 Å². The standard InChI is InChI=1S/C23H23N3O2/c1-16-11-12-18(15-17(16)2)24-22(27)10-6-14-26-20-8-4-3-7-19(20)25-13-5-9-21(25)23(26)28/h3-5,7-9,11-13,15H,6,10,14H2,1-2H3,(H,24,27). The highest BCUT2D eigenvalue weighted by Crippen LogP contribution is 2.17. The molecule has 1 amide bonds. The molecule has 142 valence electrons. The highest BCUT2D eigenvalue weighted by atomic mass is 16.1. The fraction of sp³-hybridized carbons (Fsp3) is 0.217. The van der Waals surface area contributed by atoms with Crippen molar-refractivity contribution in [3.63, 3.8) is 0 Å². The molecular weight excluding hydrogens is 350 g/mol. The molecule has 0 fully saturated rings. The van der Waals surface area contributed by atoms with Crippen LogP contribution < -0.4 is 10.9 Å². The predicted octanol–water partition coefficient (Wildman–Crippen LogP) is 4.29. The maximum absolute atomic E-state index is 12.9. The second-order valence-electron chi connectivity index (χ2n) is 7.16. The minimum Gasteiger partial charge on any atom is -0.326 e. The van der Waals surface area contributed by atoms with Crippen molar-refractivity contribution in [2.45, 2.75) is 33.2 Å². The molecule has 2 heterocycles. The molecule has 28 heavy (non-hydrogen) atoms. The molecule has 0 aliphatic rings. The number of benzene rings is 2. The van der Waals surface area contributed by atoms with Crippen LogP contribution in [-0.2, 0) is 11.3 Å². The molecule has 0 bridgehead atoms. The van der Waals surface area contributed by atoms with E-state index in [0.29, 0.717) is 24.9 Å². The fourth-order valence-electron chi connectivity index (χ4n) is 3.57. The van der Waals surface area contributed by atoms with Crippen molar-refractivity contribution in [3.8, 4) is 0 Å². The summed E-state index contributed by atoms with van der Waals surface area (Å²) >= 11 is 0. The van der Waals surface area contributed by atoms with Gasteiger partial charge in [-0.15, -0.1) is 0 Å². The molecule has 0 aliphatic heterocycles. The number of hydrogen-bond donors (Lipinski definition) is 1. The van der Waals surface area contributed by atoms with Gasteiger partial charge in [0.1, 0.15) is 5.52 Å². The molecule has 2 aromatic heterocycles. The van der Waals surface area contributed by atoms with Crippen molar-refractivity contribution >= 4 is 28.1 Å². The number of para-hydroxylation sites is 2. The van der Waals surface area contributed by atoms with Crippen molar-refractivity contribution < 1.29 is 4.79 Å². The first-order valence-electron chi connectivity index (χ1n) is 9.50. The summed E-state index contributed by atoms with van der Waals surface area (Å²) in [5.41, 5.74) is 5.65. The molecule has 0 spiro atoms. The lowest BCUT2D eigenvalue weighted by Gasteiger charge is -2.13. The van der Waals surface area contributed by atoms with Crippen LogP contribution in [0, 0.1) is 13.8 Å². The van der Waals surface area contributed by atoms with Crippen LogP contribution >= 0.6 is 0 Å². The van der Waals surface area contributed by atoms with Crippen LogP contribution in [0.2, 0.25) is 0 Å². The maximum atomic E-state index is 12.9. The number of aromatic nitrogens is 2. The zero-order chi connectivity index (χ0) is 19.7. The summed E-state index contributed by atoms with van der Waals surface area (Å²) in [6.45, 7) is 4.58. The van der Waals surface area contributed by atoms with E-state index in [1.54, 1.807) is 4.57 Å². The Bertz CT molecular complexity index is 1230. The number of rotatable bonds is 5. The molecule has 5 heteroatoms. The summed E-state index contributed by atoms with van der Waals surface area (Å²) in [4.78, 5) is 25.2. The van der Waals surface area contributed by atoms with Gasteiger partial charge in [0.25, 0.3) is 5.56 Å². The monoisotopic (exact) mass is 373 g/mol. The highest BCUT2D eigenvalue weighted by molar-refractivity contribution is 5.90. The van der Waals surface area contributed by atoms with E-state index in [9.17, 15) is 9.59 Å². The first kappa shape index (κ1) is 18.0. The van der Waals surface area contributed by atoms with E-state index in [4.69, 9.17) is 0 Å². The number of carbonyl (C=O) groups is 1. The summed E-state index contributed by atoms with van der Waals surface area (Å²) in [5.74, 6) is -0.0376. The van der Waals surface area contributed by atoms with Crippen molar-refractivity contribution in [1.29, 1.82) is 0 Å². The van der Waals surface area contributed by atoms with Crippen LogP contribution in [0.3, 0.4) is 0 Å². The van der Waals surface area contributed by atoms with Crippen molar-refractivity contribution in [2.24, 2.45) is 0 Å². The lowest BCUT2D eigenvalue weighted by atomic mass is 10.1. The number of anilines is 1. The third-order valence-corrected chi connectivity index (χ3v) is 5.22. The van der Waals surface area contributed by atoms with Gasteiger partial charge in [0.05, 0.1) is 11.0 Å². The number of nitrogens with zero attached hydrogens (tertiary/aromatic N) is 2. The molecule has 0 unspecified atom stereocenters. The van der Waals surface area contributed by atoms with E-state index < -0.39 is 0 Å². The fourth-order valence-corrected chi connectivity index (χ4v) is 3.57. The van der Waals surface area contributed by atoms with Crippen LogP contribution in [-0.4, -0.2) is 14.9 Å². The minimum atomic E-state index is -0.0376. The normalized spacial score (nSPS) is 11.2. The number of carbonyl (C=O) groups excluding carboxylic acids is 1. The lowest BCUT2D eigenvalue weighted by molar-refractivity contribution is -0.116. The zero-order valence-electron chi connectivity index (χ0n) is 16.1. The molecule has 0 radical (unpaired) electrons. The van der Waals surface area contributed by atoms with Gasteiger partial charge in [0.2, 0.25) is 5.91 Å². The van der Waals surface area contributed by atoms with Gasteiger partial charge in [-0.25, -0.2) is 0 Å². The van der Waals surface area contributed by atoms with E-state index in [-0.39, 0.29) is 11.5 Å². The number of hydrogen-bond acceptors (Lipinski definition) is 2. The van der Waals surface area contributed by atoms with Crippen molar-refractivity contribution in [1.82, 2.24) is 8.97 Å². The third-order valence-electron chi connectivity index (χ3n) is 5.22. The van der Waals surface area contributed by atoms with E-state index in [1.165, 1.54) is 5.56 Å². The Morgan fingerprint density at radius 3 is 2.46 bits per heavy atom. The van der Waals surface area contributed by atoms with Crippen LogP contribution in [0.5, 0.6) is 0 Å². The average Bonchev–Trinajstić information content (AvgIpc) is 3.18. The molecule has 2 aromatic carbocycles. The summed E-state index contributed by atoms with van der Waals surface area (Å²) < 4.78 is 3.69. The van der Waals surface area contributed by atoms with E-state index in [2.05, 4.69) is 5.32 Å². The van der Waals surface area contributed by atoms with E-state index in [1.807, 2.05) is 79.0 Å². The van der Waals surface area contributed by atoms with Gasteiger partial charge >= 0.3 is 0 Å². The summed E-state index contributed by atoms with van der Waals surface area (Å²) in [6, 6.07) is 17.5. The molecule has 4 rings (SSSR count). The SMILES string of the molecule is Cc1ccc(NC(=O)CCCn2c(=O)c3cccn3c3ccccc32)cc1C. The first-order valence-corrected chi connectivity index (χ1v) is 9.50. The van der Waals surface area contributed by atoms with Crippen molar-refractivity contribution in [3.05, 3.63) is 82.3 Å². The molecule has 0 saturated carbocycles. The van der Waals surface area contributed by atoms with Gasteiger partial charge in [-0.3, -0.25) is 9.59 Å². The number of amides is 1. The molecule has 1 N–H and O–H groups in total. The lowest BCUT2D eigenvalue weighted by Crippen LogP contribution is -2.23. The topological polar surface area (TPSA) is 55.5 Å². The molecule has 5 nitrogen and oxygen atoms in total. The van der Waals surface area contributed by atoms with Crippen LogP contribution in [0.4, 0.5) is 5.69 Å². The molecular formula is C23H23N3O2. The van der Waals surface area contributed by atoms with Gasteiger partial charge in [0, 0.05) is 24.8 Å². The third kappa shape index (κ3) is 3.31. The summed E-state index contributed by atoms with van der Waals surface area (Å²) in [6.07, 6.45) is 2.86. The second kappa shape index (κ2) is 7.35. The van der Waals surface area contributed by atoms with Crippen molar-refractivity contribution in [2.75, 3.05) is 5.32 Å². The zero-order valence-corrected chi connectivity index (χ0v) is 16.1. The number of aryl methyl sites for hydroxylation is 3. The number of nitrogens with one attached hydrogen (secondary N) is 1. The maximum Gasteiger partial charge on any atom is 0.275 e. The minimum absolute atomic E-state index is 0.0294. The second-order valence-corrected chi connectivity index (χ2v) is 7.16. The molecule has 4 aromatic rings. The van der Waals surface area contributed by atoms with Gasteiger partial charge in [0.15, 0.2) is 0 Å². The van der Waals surface area contributed by atoms with Gasteiger partial charge < -0.3 is 14.3 Å². The van der Waals surface area contributed by atoms with Crippen LogP contribution in [0.25, 0.3) is 16.6 Å². The Morgan fingerprint density at radius 1 is 0.929 bits per heavy atom. The first-order chi connectivity index (χ1) is 13.5. The van der Waals surface area contributed by atoms with Gasteiger partial charge in [-0.2, -0.15) is 0 Å². The van der Waals surface area contributed by atoms with Crippen LogP contribution in [0.1, 0.15) is 24.0 Å². The Balaban J connectivity index is 1.51. The predicted molar refractivity (Wildman–Crippen MR) is 113 cm³/mol. The smallest absolute Gasteiger partial charge is 0.275 e. The Kier molecular flexibility index (Phi) is 4.74. The van der Waals surface area contributed by atoms with Gasteiger partial charge in [-0.1, -0.05) is 18.2 Å². The molecule has 0 aliphatic carbocycles. The average molecular weight is 373 g/mol. The van der Waals surface area contributed by atoms with Gasteiger partial charge in [-0.05, 0) is 67.8 Å². The Hall–Kier alpha value is -3.34. The summed E-state index contributed by atoms with van der Waals surface area (Å²) in [7, 11) is 0. The largest absolute Gasteiger partial charge is 0.326 e. The molecule has 0 atom stereocenters. The highest BCUT2D eigenvalue weighted by Gasteiger charge is 2.11. The quantitative estimate of drug-likeness (QED) is 0.567. The number of fused-ring (bicyclic) bond motifs is 3. The van der Waals surface area contributed by atoms with Crippen LogP contribution in [0.15, 0.2) is 65.6 Å². The molecule has 0 saturated heterocycles. The summed E-state index contributed by atoms with van der Waals surface area (Å²) in [5, 5.41) is 2.94. The van der Waals surface area contributed by atoms with E-state index >= 15 is 0 Å².